The van der Waals surface area contributed by atoms with E-state index in [-0.39, 0.29) is 6.61 Å². The Morgan fingerprint density at radius 3 is 2.18 bits per heavy atom. The molecule has 3 nitrogen and oxygen atoms in total. The van der Waals surface area contributed by atoms with Gasteiger partial charge in [0.2, 0.25) is 0 Å². The molecule has 0 atom stereocenters. The predicted octanol–water partition coefficient (Wildman–Crippen LogP) is 1.85. The molecule has 0 heterocycles. The highest BCUT2D eigenvalue weighted by molar-refractivity contribution is 7.92. The van der Waals surface area contributed by atoms with Crippen molar-refractivity contribution in [2.45, 2.75) is 3.12 Å². The minimum atomic E-state index is -4.13. The van der Waals surface area contributed by atoms with Crippen molar-refractivity contribution in [3.05, 3.63) is 12.7 Å². The Bertz CT molecular complexity index is 227. The van der Waals surface area contributed by atoms with E-state index < -0.39 is 13.2 Å². The van der Waals surface area contributed by atoms with Crippen LogP contribution in [0.2, 0.25) is 0 Å². The summed E-state index contributed by atoms with van der Waals surface area (Å²) >= 11 is 15.1. The lowest BCUT2D eigenvalue weighted by Crippen LogP contribution is -2.22. The lowest BCUT2D eigenvalue weighted by Gasteiger charge is -2.10. The zero-order valence-corrected chi connectivity index (χ0v) is 8.34. The zero-order valence-electron chi connectivity index (χ0n) is 5.26. The van der Waals surface area contributed by atoms with E-state index in [2.05, 4.69) is 10.8 Å². The third-order valence-electron chi connectivity index (χ3n) is 0.625. The van der Waals surface area contributed by atoms with E-state index in [1.807, 2.05) is 0 Å². The maximum Gasteiger partial charge on any atom is 0.317 e. The van der Waals surface area contributed by atoms with Gasteiger partial charge in [-0.3, -0.25) is 4.18 Å². The summed E-state index contributed by atoms with van der Waals surface area (Å²) < 4.78 is 23.3. The van der Waals surface area contributed by atoms with Gasteiger partial charge in [0.15, 0.2) is 0 Å². The molecular formula is C4H5Cl3O3S. The van der Waals surface area contributed by atoms with E-state index in [9.17, 15) is 8.42 Å². The third kappa shape index (κ3) is 3.62. The molecule has 11 heavy (non-hydrogen) atoms. The molecule has 0 aliphatic carbocycles. The average Bonchev–Trinajstić information content (AvgIpc) is 1.81. The fraction of sp³-hybridized carbons (Fsp3) is 0.500. The molecule has 0 amide bonds. The molecule has 0 rings (SSSR count). The summed E-state index contributed by atoms with van der Waals surface area (Å²) in [5.74, 6) is 0. The first-order valence-corrected chi connectivity index (χ1v) is 4.92. The van der Waals surface area contributed by atoms with Gasteiger partial charge in [-0.1, -0.05) is 40.9 Å². The molecule has 66 valence electrons. The minimum absolute atomic E-state index is 0.212. The molecule has 0 N–H and O–H groups in total. The number of hydrogen-bond donors (Lipinski definition) is 0. The third-order valence-corrected chi connectivity index (χ3v) is 3.34. The van der Waals surface area contributed by atoms with Crippen molar-refractivity contribution in [3.63, 3.8) is 0 Å². The Morgan fingerprint density at radius 1 is 1.45 bits per heavy atom. The molecule has 0 saturated heterocycles. The van der Waals surface area contributed by atoms with Crippen LogP contribution >= 0.6 is 34.8 Å². The van der Waals surface area contributed by atoms with Crippen molar-refractivity contribution in [3.8, 4) is 0 Å². The molecule has 0 fully saturated rings. The van der Waals surface area contributed by atoms with E-state index >= 15 is 0 Å². The van der Waals surface area contributed by atoms with E-state index in [4.69, 9.17) is 34.8 Å². The van der Waals surface area contributed by atoms with Gasteiger partial charge in [0.05, 0.1) is 6.61 Å². The second-order valence-electron chi connectivity index (χ2n) is 1.47. The molecule has 0 bridgehead atoms. The standard InChI is InChI=1S/C4H5Cl3O3S/c1-2-3-10-11(8,9)4(5,6)7/h2H,1,3H2. The van der Waals surface area contributed by atoms with E-state index in [1.165, 1.54) is 6.08 Å². The maximum atomic E-state index is 10.7. The van der Waals surface area contributed by atoms with Gasteiger partial charge in [-0.25, -0.2) is 0 Å². The van der Waals surface area contributed by atoms with Crippen LogP contribution < -0.4 is 0 Å². The second kappa shape index (κ2) is 3.96. The highest BCUT2D eigenvalue weighted by Gasteiger charge is 2.38. The summed E-state index contributed by atoms with van der Waals surface area (Å²) in [7, 11) is -4.13. The van der Waals surface area contributed by atoms with E-state index in [0.29, 0.717) is 0 Å². The van der Waals surface area contributed by atoms with Crippen LogP contribution in [0, 0.1) is 0 Å². The molecule has 0 aromatic heterocycles. The lowest BCUT2D eigenvalue weighted by atomic mass is 10.7. The van der Waals surface area contributed by atoms with Gasteiger partial charge in [-0.15, -0.1) is 6.58 Å². The largest absolute Gasteiger partial charge is 0.317 e. The highest BCUT2D eigenvalue weighted by Crippen LogP contribution is 2.33. The fourth-order valence-electron chi connectivity index (χ4n) is 0.205. The molecule has 0 unspecified atom stereocenters. The Kier molecular flexibility index (Phi) is 4.15. The van der Waals surface area contributed by atoms with Crippen LogP contribution in [-0.2, 0) is 14.3 Å². The van der Waals surface area contributed by atoms with Crippen LogP contribution in [0.5, 0.6) is 0 Å². The Balaban J connectivity index is 4.37. The number of alkyl halides is 3. The molecule has 0 saturated carbocycles. The molecular weight excluding hydrogens is 234 g/mol. The molecule has 7 heteroatoms. The summed E-state index contributed by atoms with van der Waals surface area (Å²) in [4.78, 5) is 0. The van der Waals surface area contributed by atoms with Crippen molar-refractivity contribution < 1.29 is 12.6 Å². The van der Waals surface area contributed by atoms with Gasteiger partial charge in [-0.2, -0.15) is 8.42 Å². The molecule has 0 radical (unpaired) electrons. The maximum absolute atomic E-state index is 10.7. The van der Waals surface area contributed by atoms with Gasteiger partial charge < -0.3 is 0 Å². The smallest absolute Gasteiger partial charge is 0.263 e. The average molecular weight is 240 g/mol. The first-order valence-electron chi connectivity index (χ1n) is 2.38. The SMILES string of the molecule is C=CCOS(=O)(=O)C(Cl)(Cl)Cl. The normalized spacial score (nSPS) is 13.0. The molecule has 0 aromatic rings. The van der Waals surface area contributed by atoms with Crippen molar-refractivity contribution in [2.24, 2.45) is 0 Å². The van der Waals surface area contributed by atoms with Gasteiger partial charge in [0.25, 0.3) is 0 Å². The second-order valence-corrected chi connectivity index (χ2v) is 6.18. The van der Waals surface area contributed by atoms with Crippen molar-refractivity contribution >= 4 is 44.9 Å². The molecule has 0 spiro atoms. The Hall–Kier alpha value is 0.520. The number of rotatable bonds is 3. The number of hydrogen-bond acceptors (Lipinski definition) is 3. The van der Waals surface area contributed by atoms with Crippen LogP contribution in [0.3, 0.4) is 0 Å². The quantitative estimate of drug-likeness (QED) is 0.429. The molecule has 0 aliphatic heterocycles. The first-order chi connectivity index (χ1) is 4.81. The van der Waals surface area contributed by atoms with Crippen LogP contribution in [0.15, 0.2) is 12.7 Å². The monoisotopic (exact) mass is 238 g/mol. The van der Waals surface area contributed by atoms with Crippen LogP contribution in [0.1, 0.15) is 0 Å². The van der Waals surface area contributed by atoms with Gasteiger partial charge >= 0.3 is 13.2 Å². The Morgan fingerprint density at radius 2 is 1.91 bits per heavy atom. The van der Waals surface area contributed by atoms with Crippen molar-refractivity contribution in [1.82, 2.24) is 0 Å². The van der Waals surface area contributed by atoms with Crippen LogP contribution in [0.4, 0.5) is 0 Å². The summed E-state index contributed by atoms with van der Waals surface area (Å²) in [6.45, 7) is 3.02. The fourth-order valence-corrected chi connectivity index (χ4v) is 1.01. The predicted molar refractivity (Wildman–Crippen MR) is 45.4 cm³/mol. The van der Waals surface area contributed by atoms with Crippen molar-refractivity contribution in [2.75, 3.05) is 6.61 Å². The first kappa shape index (κ1) is 11.5. The zero-order chi connectivity index (χ0) is 9.12. The molecule has 0 aromatic carbocycles. The minimum Gasteiger partial charge on any atom is -0.263 e. The van der Waals surface area contributed by atoms with Gasteiger partial charge in [-0.05, 0) is 0 Å². The van der Waals surface area contributed by atoms with Crippen LogP contribution in [0.25, 0.3) is 0 Å². The number of halogens is 3. The Labute approximate surface area is 80.0 Å². The van der Waals surface area contributed by atoms with Gasteiger partial charge in [0.1, 0.15) is 0 Å². The summed E-state index contributed by atoms with van der Waals surface area (Å²) in [6.07, 6.45) is 1.23. The van der Waals surface area contributed by atoms with Crippen molar-refractivity contribution in [1.29, 1.82) is 0 Å². The van der Waals surface area contributed by atoms with Crippen LogP contribution in [-0.4, -0.2) is 18.1 Å². The topological polar surface area (TPSA) is 43.4 Å². The molecule has 0 aliphatic rings. The van der Waals surface area contributed by atoms with Gasteiger partial charge in [0, 0.05) is 0 Å². The summed E-state index contributed by atoms with van der Waals surface area (Å²) in [5.41, 5.74) is 0. The highest BCUT2D eigenvalue weighted by atomic mass is 35.6. The van der Waals surface area contributed by atoms with E-state index in [0.717, 1.165) is 0 Å². The lowest BCUT2D eigenvalue weighted by molar-refractivity contribution is 0.357. The summed E-state index contributed by atoms with van der Waals surface area (Å²) in [5, 5.41) is 0. The summed E-state index contributed by atoms with van der Waals surface area (Å²) in [6, 6.07) is 0. The van der Waals surface area contributed by atoms with E-state index in [1.54, 1.807) is 0 Å².